The molecule has 4 unspecified atom stereocenters. The van der Waals surface area contributed by atoms with Gasteiger partial charge < -0.3 is 40.0 Å². The van der Waals surface area contributed by atoms with Crippen LogP contribution in [-0.2, 0) is 97.3 Å². The van der Waals surface area contributed by atoms with Gasteiger partial charge in [0.05, 0.1) is 54.7 Å². The van der Waals surface area contributed by atoms with E-state index in [1.807, 2.05) is 134 Å². The third-order valence-electron chi connectivity index (χ3n) is 25.3. The van der Waals surface area contributed by atoms with Gasteiger partial charge in [-0.05, 0) is 42.7 Å². The Kier molecular flexibility index (Phi) is 41.3. The second kappa shape index (κ2) is 49.1. The number of nitrogens with zero attached hydrogens (tertiary/aromatic N) is 6. The van der Waals surface area contributed by atoms with E-state index in [2.05, 4.69) is 41.4 Å². The second-order valence-electron chi connectivity index (χ2n) is 36.3. The first-order valence-electron chi connectivity index (χ1n) is 44.1. The number of quaternary nitrogens is 2. The number of hydrogen-bond donors (Lipinski definition) is 7. The molecule has 0 saturated carbocycles. The van der Waals surface area contributed by atoms with Crippen LogP contribution in [0.1, 0.15) is 176 Å². The minimum absolute atomic E-state index is 0.0170. The first-order valence-corrected chi connectivity index (χ1v) is 46.6. The number of carbonyl (C=O) groups is 10. The van der Waals surface area contributed by atoms with E-state index in [9.17, 15) is 39.0 Å². The molecule has 2 heterocycles. The molecule has 8 amide bonds. The molecule has 0 spiro atoms. The number of allylic oxidation sites excluding steroid dienone is 1. The van der Waals surface area contributed by atoms with Crippen molar-refractivity contribution in [3.63, 3.8) is 0 Å². The Bertz CT molecular complexity index is 4230. The Balaban J connectivity index is 1.20. The van der Waals surface area contributed by atoms with Gasteiger partial charge >= 0.3 is 412 Å². The number of alkyl halides is 1. The second-order valence-corrected chi connectivity index (χ2v) is 40.2. The van der Waals surface area contributed by atoms with Gasteiger partial charge in [0, 0.05) is 54.3 Å². The molecule has 17 atom stereocenters. The van der Waals surface area contributed by atoms with E-state index in [-0.39, 0.29) is 96.5 Å². The monoisotopic (exact) mass is 1860 g/mol. The summed E-state index contributed by atoms with van der Waals surface area (Å²) in [5.41, 5.74) is 5.23. The summed E-state index contributed by atoms with van der Waals surface area (Å²) in [7, 11) is 17.4. The standard InChI is InChI=1S/C95H146IN11O18/c1-25-61(11)82(76(120-21)52-78(108)104-47-33-39-73(104)86(122-23)63(13)88(110)98-71(94(116)117)50-65-35-29-27-30-36-65)102(15)92(114)80(57(3)4)100-90(112)84(59(7)8)106(17,18)55-69-49-68(43-46-75(69)124-56-67-41-44-70(125-97)45-42-67)54-96-107(19,20)85(60(9)10)91(113)101-81(58(5)6)93(115)103(16)83(62(12)26-2)77(121-22)53-79(109)105-48-34-40-74(105)87(123-24)64(14)89(111)99-72(95(118)119)51-66-37-31-28-32-38-66/h27-32,35-38,41-46,49,57-58,60-64,71-74,76-77,80-83,85-87H,25-26,33-34,39-40,47-48,50-56,97H2,1-24H3,(H5-,98,99,100,101,110,111,112,113,116,117,118,119)/p+1/t61?,62?,63-,64-,71?,72?,73+,74+,76-,77-,80+,81+,82+,83+,85+,86-,87-/m1/s1. The number of amides is 8. The molecule has 696 valence electrons. The maximum atomic E-state index is 15.4. The molecular formula is C95H147IN11O18+. The first-order chi connectivity index (χ1) is 59.0. The molecular weight excluding hydrogens is 1710 g/mol. The Morgan fingerprint density at radius 2 is 0.968 bits per heavy atom. The average Bonchev–Trinajstić information content (AvgIpc) is 1.75. The topological polar surface area (TPSA) is 354 Å². The van der Waals surface area contributed by atoms with Crippen molar-refractivity contribution in [1.29, 1.82) is 0 Å². The summed E-state index contributed by atoms with van der Waals surface area (Å²) < 4.78 is 32.1. The van der Waals surface area contributed by atoms with Gasteiger partial charge in [0.25, 0.3) is 0 Å². The fraction of sp³-hybridized carbons (Fsp3) is 0.621. The summed E-state index contributed by atoms with van der Waals surface area (Å²) in [5, 5.41) is 32.1. The number of halogens is 1. The van der Waals surface area contributed by atoms with Crippen LogP contribution >= 0.6 is 0 Å². The number of carboxylic acid groups (broad SMARTS) is 2. The molecule has 30 heteroatoms. The molecule has 6 rings (SSSR count). The van der Waals surface area contributed by atoms with Crippen LogP contribution < -0.4 is 58.2 Å². The Morgan fingerprint density at radius 3 is 1.34 bits per heavy atom. The normalized spacial score (nSPS) is 18.0. The number of hydrogen-bond acceptors (Lipinski definition) is 17. The van der Waals surface area contributed by atoms with Crippen LogP contribution in [0.15, 0.2) is 114 Å². The van der Waals surface area contributed by atoms with E-state index >= 15 is 19.2 Å². The van der Waals surface area contributed by atoms with Gasteiger partial charge in [-0.2, -0.15) is 5.90 Å². The van der Waals surface area contributed by atoms with Crippen molar-refractivity contribution in [3.8, 4) is 11.5 Å². The van der Waals surface area contributed by atoms with E-state index in [1.54, 1.807) is 108 Å². The molecule has 0 radical (unpaired) electrons. The molecule has 2 aliphatic rings. The zero-order valence-corrected chi connectivity index (χ0v) is 80.7. The minimum atomic E-state index is -1.19. The molecule has 2 saturated heterocycles. The third kappa shape index (κ3) is 28.4. The SMILES string of the molecule is CCC(C)[C@@H]([C@@H](CC(=O)N1CCC[C@H]1[C@H](OC)[C@@H](C)C(=O)NC(Cc1ccccc1)C(=O)O)OC)N(C)C(=O)[C@@H](NC(=O)C(=C(C)C)[N+](C)(C)Cc1cc(C[I-][N+](C)(C)[C@H](C(=O)N[C@H](C(=O)N(C)[C@@H](C(C)CC)[C@@H](CC(=O)N2CCC[C@H]2[C@H](OC)[C@@H](C)C(=O)NC(Cc2ccccc2)C(=O)O)OC)C(C)C)C(C)C)ccc1OCc1ccc(ON)cc1)C(C)C. The number of likely N-dealkylation sites (tertiary alicyclic amines) is 2. The van der Waals surface area contributed by atoms with Crippen molar-refractivity contribution in [2.75, 3.05) is 83.8 Å². The molecule has 0 aromatic heterocycles. The summed E-state index contributed by atoms with van der Waals surface area (Å²) in [6, 6.07) is 24.1. The number of nitrogens with one attached hydrogen (secondary N) is 4. The number of aliphatic carboxylic acids is 2. The van der Waals surface area contributed by atoms with E-state index in [0.717, 1.165) is 27.8 Å². The van der Waals surface area contributed by atoms with Crippen molar-refractivity contribution in [3.05, 3.63) is 142 Å². The van der Waals surface area contributed by atoms with E-state index < -0.39 is 148 Å². The summed E-state index contributed by atoms with van der Waals surface area (Å²) in [5.74, 6) is -1.74. The van der Waals surface area contributed by atoms with E-state index in [1.165, 1.54) is 28.4 Å². The number of rotatable bonds is 50. The quantitative estimate of drug-likeness (QED) is 0.00601. The van der Waals surface area contributed by atoms with Gasteiger partial charge in [0.15, 0.2) is 0 Å². The van der Waals surface area contributed by atoms with Gasteiger partial charge in [-0.1, -0.05) is 94.8 Å². The van der Waals surface area contributed by atoms with Crippen LogP contribution in [0.25, 0.3) is 0 Å². The molecule has 4 aromatic rings. The fourth-order valence-corrected chi connectivity index (χ4v) is 21.3. The molecule has 125 heavy (non-hydrogen) atoms. The number of benzene rings is 4. The number of ether oxygens (including phenoxy) is 5. The summed E-state index contributed by atoms with van der Waals surface area (Å²) in [4.78, 5) is 155. The molecule has 4 aromatic carbocycles. The van der Waals surface area contributed by atoms with Crippen LogP contribution in [0.5, 0.6) is 11.5 Å². The Morgan fingerprint density at radius 1 is 0.544 bits per heavy atom. The van der Waals surface area contributed by atoms with Crippen LogP contribution in [-0.4, -0.2) is 259 Å². The fourth-order valence-electron chi connectivity index (χ4n) is 18.2. The van der Waals surface area contributed by atoms with Gasteiger partial charge in [0.2, 0.25) is 17.7 Å². The third-order valence-corrected chi connectivity index (χ3v) is 28.9. The predicted octanol–water partition coefficient (Wildman–Crippen LogP) is 6.74. The van der Waals surface area contributed by atoms with Gasteiger partial charge in [-0.15, -0.1) is 0 Å². The van der Waals surface area contributed by atoms with Gasteiger partial charge in [0.1, 0.15) is 12.1 Å². The van der Waals surface area contributed by atoms with Crippen molar-refractivity contribution >= 4 is 59.2 Å². The Labute approximate surface area is 753 Å². The Hall–Kier alpha value is -8.63. The van der Waals surface area contributed by atoms with E-state index in [0.29, 0.717) is 81.5 Å². The number of carboxylic acids is 2. The van der Waals surface area contributed by atoms with Crippen LogP contribution in [0.3, 0.4) is 0 Å². The van der Waals surface area contributed by atoms with Crippen molar-refractivity contribution in [2.45, 2.75) is 258 Å². The number of methoxy groups -OCH3 is 4. The zero-order chi connectivity index (χ0) is 93.2. The van der Waals surface area contributed by atoms with Crippen LogP contribution in [0.4, 0.5) is 0 Å². The number of likely N-dealkylation sites (N-methyl/N-ethyl adjacent to an activating group) is 4. The average molecular weight is 1860 g/mol. The first kappa shape index (κ1) is 105. The number of nitrogens with two attached hydrogens (primary N) is 1. The molecule has 29 nitrogen and oxygen atoms in total. The van der Waals surface area contributed by atoms with E-state index in [4.69, 9.17) is 34.4 Å². The van der Waals surface area contributed by atoms with Crippen molar-refractivity contribution in [2.24, 2.45) is 47.3 Å². The predicted molar refractivity (Wildman–Crippen MR) is 476 cm³/mol. The van der Waals surface area contributed by atoms with Crippen molar-refractivity contribution < 1.29 is 115 Å². The maximum absolute atomic E-state index is 15.4. The molecule has 8 N–H and O–H groups in total. The summed E-state index contributed by atoms with van der Waals surface area (Å²) in [6.45, 7) is 27.9. The number of carbonyl (C=O) groups excluding carboxylic acids is 8. The van der Waals surface area contributed by atoms with Crippen molar-refractivity contribution in [1.82, 2.24) is 40.9 Å². The van der Waals surface area contributed by atoms with Gasteiger partial charge in [-0.3, -0.25) is 14.4 Å². The molecule has 0 bridgehead atoms. The van der Waals surface area contributed by atoms with Gasteiger partial charge in [-0.25, -0.2) is 9.59 Å². The van der Waals surface area contributed by atoms with Crippen LogP contribution in [0.2, 0.25) is 0 Å². The van der Waals surface area contributed by atoms with Crippen LogP contribution in [0, 0.1) is 41.4 Å². The molecule has 2 aliphatic heterocycles. The molecule has 2 fully saturated rings. The zero-order valence-electron chi connectivity index (χ0n) is 78.5. The summed E-state index contributed by atoms with van der Waals surface area (Å²) >= 11 is -0.924. The summed E-state index contributed by atoms with van der Waals surface area (Å²) in [6.07, 6.45) is 0.424. The molecule has 0 aliphatic carbocycles.